The molecule has 5 heteroatoms. The Morgan fingerprint density at radius 1 is 1.00 bits per heavy atom. The molecule has 1 N–H and O–H groups in total. The first kappa shape index (κ1) is 13.8. The Hall–Kier alpha value is -2.58. The molecule has 0 aromatic heterocycles. The number of nitrogens with one attached hydrogen (secondary N) is 1. The Kier molecular flexibility index (Phi) is 3.87. The van der Waals surface area contributed by atoms with Crippen LogP contribution in [0.15, 0.2) is 59.5 Å². The monoisotopic (exact) mass is 285 g/mol. The second kappa shape index (κ2) is 5.59. The van der Waals surface area contributed by atoms with Crippen molar-refractivity contribution in [3.8, 4) is 12.3 Å². The van der Waals surface area contributed by atoms with Gasteiger partial charge in [-0.05, 0) is 36.4 Å². The molecule has 2 aromatic carbocycles. The van der Waals surface area contributed by atoms with Gasteiger partial charge in [0.25, 0.3) is 15.9 Å². The van der Waals surface area contributed by atoms with Crippen molar-refractivity contribution in [3.63, 3.8) is 0 Å². The van der Waals surface area contributed by atoms with E-state index in [9.17, 15) is 13.2 Å². The van der Waals surface area contributed by atoms with Crippen LogP contribution in [0.4, 0.5) is 0 Å². The summed E-state index contributed by atoms with van der Waals surface area (Å²) in [5, 5.41) is 0. The van der Waals surface area contributed by atoms with Crippen LogP contribution < -0.4 is 4.72 Å². The molecule has 2 aromatic rings. The summed E-state index contributed by atoms with van der Waals surface area (Å²) in [7, 11) is -3.86. The minimum Gasteiger partial charge on any atom is -0.268 e. The summed E-state index contributed by atoms with van der Waals surface area (Å²) in [5.74, 6) is 1.72. The van der Waals surface area contributed by atoms with E-state index < -0.39 is 15.9 Å². The minimum atomic E-state index is -3.86. The molecule has 1 amide bonds. The lowest BCUT2D eigenvalue weighted by Crippen LogP contribution is -2.30. The fourth-order valence-corrected chi connectivity index (χ4v) is 2.55. The van der Waals surface area contributed by atoms with Gasteiger partial charge in [0.2, 0.25) is 0 Å². The average Bonchev–Trinajstić information content (AvgIpc) is 2.48. The molecule has 0 radical (unpaired) electrons. The summed E-state index contributed by atoms with van der Waals surface area (Å²) < 4.78 is 26.0. The highest BCUT2D eigenvalue weighted by molar-refractivity contribution is 7.90. The van der Waals surface area contributed by atoms with Gasteiger partial charge in [0.15, 0.2) is 0 Å². The van der Waals surface area contributed by atoms with Crippen molar-refractivity contribution in [1.29, 1.82) is 0 Å². The predicted molar refractivity (Wildman–Crippen MR) is 75.5 cm³/mol. The van der Waals surface area contributed by atoms with Gasteiger partial charge in [-0.25, -0.2) is 13.1 Å². The van der Waals surface area contributed by atoms with Crippen molar-refractivity contribution in [2.75, 3.05) is 0 Å². The SMILES string of the molecule is C#Cc1ccc(C(=O)NS(=O)(=O)c2ccccc2)cc1. The zero-order chi connectivity index (χ0) is 14.6. The molecular formula is C15H11NO3S. The fraction of sp³-hybridized carbons (Fsp3) is 0. The molecule has 0 saturated carbocycles. The van der Waals surface area contributed by atoms with Crippen molar-refractivity contribution < 1.29 is 13.2 Å². The Morgan fingerprint density at radius 2 is 1.60 bits per heavy atom. The second-order valence-corrected chi connectivity index (χ2v) is 5.65. The summed E-state index contributed by atoms with van der Waals surface area (Å²) >= 11 is 0. The third-order valence-corrected chi connectivity index (χ3v) is 3.94. The van der Waals surface area contributed by atoms with Gasteiger partial charge in [0.1, 0.15) is 0 Å². The van der Waals surface area contributed by atoms with Crippen LogP contribution in [0.3, 0.4) is 0 Å². The van der Waals surface area contributed by atoms with Crippen molar-refractivity contribution in [2.45, 2.75) is 4.90 Å². The lowest BCUT2D eigenvalue weighted by Gasteiger charge is -2.06. The van der Waals surface area contributed by atoms with Gasteiger partial charge >= 0.3 is 0 Å². The molecule has 0 aliphatic carbocycles. The molecule has 0 aliphatic heterocycles. The van der Waals surface area contributed by atoms with Crippen LogP contribution in [-0.2, 0) is 10.0 Å². The zero-order valence-corrected chi connectivity index (χ0v) is 11.2. The number of sulfonamides is 1. The van der Waals surface area contributed by atoms with E-state index in [4.69, 9.17) is 6.42 Å². The molecule has 0 fully saturated rings. The Labute approximate surface area is 117 Å². The molecule has 100 valence electrons. The number of carbonyl (C=O) groups excluding carboxylic acids is 1. The van der Waals surface area contributed by atoms with Crippen LogP contribution in [0.2, 0.25) is 0 Å². The molecule has 2 rings (SSSR count). The smallest absolute Gasteiger partial charge is 0.264 e. The standard InChI is InChI=1S/C15H11NO3S/c1-2-12-8-10-13(11-9-12)15(17)16-20(18,19)14-6-4-3-5-7-14/h1,3-11H,(H,16,17). The predicted octanol–water partition coefficient (Wildman–Crippen LogP) is 1.79. The fourth-order valence-electron chi connectivity index (χ4n) is 1.56. The van der Waals surface area contributed by atoms with Gasteiger partial charge in [-0.3, -0.25) is 4.79 Å². The lowest BCUT2D eigenvalue weighted by molar-refractivity contribution is 0.0981. The third kappa shape index (κ3) is 3.05. The Morgan fingerprint density at radius 3 is 2.15 bits per heavy atom. The summed E-state index contributed by atoms with van der Waals surface area (Å²) in [6.07, 6.45) is 5.21. The Bertz CT molecular complexity index is 757. The van der Waals surface area contributed by atoms with Gasteiger partial charge in [-0.15, -0.1) is 6.42 Å². The third-order valence-electron chi connectivity index (χ3n) is 2.59. The number of hydrogen-bond acceptors (Lipinski definition) is 3. The summed E-state index contributed by atoms with van der Waals surface area (Å²) in [6.45, 7) is 0. The van der Waals surface area contributed by atoms with Crippen LogP contribution >= 0.6 is 0 Å². The average molecular weight is 285 g/mol. The molecule has 0 unspecified atom stereocenters. The van der Waals surface area contributed by atoms with E-state index in [1.807, 2.05) is 4.72 Å². The van der Waals surface area contributed by atoms with E-state index >= 15 is 0 Å². The van der Waals surface area contributed by atoms with Crippen LogP contribution in [0.5, 0.6) is 0 Å². The first-order valence-corrected chi connectivity index (χ1v) is 7.20. The summed E-state index contributed by atoms with van der Waals surface area (Å²) in [5.41, 5.74) is 0.843. The highest BCUT2D eigenvalue weighted by atomic mass is 32.2. The number of carbonyl (C=O) groups is 1. The van der Waals surface area contributed by atoms with E-state index in [0.717, 1.165) is 0 Å². The van der Waals surface area contributed by atoms with Crippen molar-refractivity contribution >= 4 is 15.9 Å². The normalized spacial score (nSPS) is 10.6. The zero-order valence-electron chi connectivity index (χ0n) is 10.4. The highest BCUT2D eigenvalue weighted by Gasteiger charge is 2.17. The highest BCUT2D eigenvalue weighted by Crippen LogP contribution is 2.09. The molecule has 0 atom stereocenters. The van der Waals surface area contributed by atoms with Gasteiger partial charge in [-0.1, -0.05) is 24.1 Å². The molecule has 0 heterocycles. The molecule has 0 spiro atoms. The van der Waals surface area contributed by atoms with E-state index in [2.05, 4.69) is 5.92 Å². The summed E-state index contributed by atoms with van der Waals surface area (Å²) in [4.78, 5) is 11.9. The molecule has 4 nitrogen and oxygen atoms in total. The maximum atomic E-state index is 12.0. The van der Waals surface area contributed by atoms with Crippen LogP contribution in [-0.4, -0.2) is 14.3 Å². The second-order valence-electron chi connectivity index (χ2n) is 3.97. The molecule has 0 bridgehead atoms. The molecule has 0 aliphatic rings. The Balaban J connectivity index is 2.21. The van der Waals surface area contributed by atoms with Crippen molar-refractivity contribution in [3.05, 3.63) is 65.7 Å². The van der Waals surface area contributed by atoms with Gasteiger partial charge in [-0.2, -0.15) is 0 Å². The van der Waals surface area contributed by atoms with Gasteiger partial charge in [0.05, 0.1) is 4.90 Å². The number of rotatable bonds is 3. The molecule has 0 saturated heterocycles. The number of hydrogen-bond donors (Lipinski definition) is 1. The first-order chi connectivity index (χ1) is 9.53. The largest absolute Gasteiger partial charge is 0.268 e. The van der Waals surface area contributed by atoms with Crippen LogP contribution in [0, 0.1) is 12.3 Å². The van der Waals surface area contributed by atoms with Crippen molar-refractivity contribution in [1.82, 2.24) is 4.72 Å². The van der Waals surface area contributed by atoms with E-state index in [1.54, 1.807) is 30.3 Å². The lowest BCUT2D eigenvalue weighted by atomic mass is 10.1. The van der Waals surface area contributed by atoms with E-state index in [0.29, 0.717) is 5.56 Å². The molecule has 20 heavy (non-hydrogen) atoms. The van der Waals surface area contributed by atoms with Crippen LogP contribution in [0.1, 0.15) is 15.9 Å². The number of terminal acetylenes is 1. The maximum absolute atomic E-state index is 12.0. The quantitative estimate of drug-likeness (QED) is 0.874. The first-order valence-electron chi connectivity index (χ1n) is 5.72. The van der Waals surface area contributed by atoms with Gasteiger partial charge < -0.3 is 0 Å². The number of benzene rings is 2. The van der Waals surface area contributed by atoms with E-state index in [1.165, 1.54) is 24.3 Å². The minimum absolute atomic E-state index is 0.0357. The maximum Gasteiger partial charge on any atom is 0.264 e. The summed E-state index contributed by atoms with van der Waals surface area (Å²) in [6, 6.07) is 13.8. The topological polar surface area (TPSA) is 63.2 Å². The van der Waals surface area contributed by atoms with Gasteiger partial charge in [0, 0.05) is 11.1 Å². The molecular weight excluding hydrogens is 274 g/mol. The van der Waals surface area contributed by atoms with Crippen molar-refractivity contribution in [2.24, 2.45) is 0 Å². The van der Waals surface area contributed by atoms with Crippen LogP contribution in [0.25, 0.3) is 0 Å². The van der Waals surface area contributed by atoms with E-state index in [-0.39, 0.29) is 10.5 Å². The number of amides is 1.